The molecule has 10 heteroatoms. The minimum Gasteiger partial charge on any atom is -0.380 e. The fourth-order valence-corrected chi connectivity index (χ4v) is 3.35. The average Bonchev–Trinajstić information content (AvgIpc) is 3.12. The van der Waals surface area contributed by atoms with Crippen molar-refractivity contribution in [3.8, 4) is 10.4 Å². The van der Waals surface area contributed by atoms with Gasteiger partial charge in [0.15, 0.2) is 0 Å². The number of halogens is 4. The van der Waals surface area contributed by atoms with E-state index in [2.05, 4.69) is 20.3 Å². The fraction of sp³-hybridized carbons (Fsp3) is 0.278. The summed E-state index contributed by atoms with van der Waals surface area (Å²) in [4.78, 5) is 12.1. The van der Waals surface area contributed by atoms with Crippen LogP contribution in [-0.4, -0.2) is 26.7 Å². The zero-order valence-electron chi connectivity index (χ0n) is 14.9. The van der Waals surface area contributed by atoms with Gasteiger partial charge < -0.3 is 10.4 Å². The van der Waals surface area contributed by atoms with E-state index in [-0.39, 0.29) is 11.0 Å². The first-order valence-electron chi connectivity index (χ1n) is 8.12. The molecule has 0 fully saturated rings. The zero-order valence-corrected chi connectivity index (χ0v) is 15.7. The van der Waals surface area contributed by atoms with Gasteiger partial charge in [0.1, 0.15) is 23.0 Å². The Hall–Kier alpha value is -2.59. The SMILES string of the molecule is Cc1cc(Nc2nccc(C(F)(F)F)n2)cc(-c2cnc(C(C)(O)CF)s2)c1. The Bertz CT molecular complexity index is 988. The normalized spacial score (nSPS) is 14.0. The largest absolute Gasteiger partial charge is 0.433 e. The number of alkyl halides is 4. The molecule has 0 aliphatic heterocycles. The topological polar surface area (TPSA) is 70.9 Å². The smallest absolute Gasteiger partial charge is 0.380 e. The highest BCUT2D eigenvalue weighted by Gasteiger charge is 2.32. The number of hydrogen-bond donors (Lipinski definition) is 2. The number of thiazole rings is 1. The van der Waals surface area contributed by atoms with Crippen LogP contribution in [0.1, 0.15) is 23.2 Å². The van der Waals surface area contributed by atoms with E-state index in [9.17, 15) is 22.7 Å². The molecule has 0 bridgehead atoms. The number of nitrogens with zero attached hydrogens (tertiary/aromatic N) is 3. The summed E-state index contributed by atoms with van der Waals surface area (Å²) in [6.45, 7) is 2.19. The van der Waals surface area contributed by atoms with Crippen LogP contribution >= 0.6 is 11.3 Å². The monoisotopic (exact) mass is 412 g/mol. The van der Waals surface area contributed by atoms with Gasteiger partial charge >= 0.3 is 6.18 Å². The highest BCUT2D eigenvalue weighted by Crippen LogP contribution is 2.34. The zero-order chi connectivity index (χ0) is 20.5. The molecule has 3 aromatic rings. The molecule has 2 heterocycles. The summed E-state index contributed by atoms with van der Waals surface area (Å²) in [5, 5.41) is 13.0. The molecule has 148 valence electrons. The molecule has 0 radical (unpaired) electrons. The molecule has 5 nitrogen and oxygen atoms in total. The predicted octanol–water partition coefficient (Wildman–Crippen LogP) is 4.85. The molecular weight excluding hydrogens is 396 g/mol. The Labute approximate surface area is 162 Å². The Balaban J connectivity index is 1.91. The third kappa shape index (κ3) is 4.45. The summed E-state index contributed by atoms with van der Waals surface area (Å²) < 4.78 is 51.4. The summed E-state index contributed by atoms with van der Waals surface area (Å²) in [7, 11) is 0. The highest BCUT2D eigenvalue weighted by atomic mass is 32.1. The minimum atomic E-state index is -4.57. The van der Waals surface area contributed by atoms with Crippen molar-refractivity contribution in [1.29, 1.82) is 0 Å². The minimum absolute atomic E-state index is 0.184. The third-order valence-electron chi connectivity index (χ3n) is 3.79. The van der Waals surface area contributed by atoms with E-state index >= 15 is 0 Å². The number of hydrogen-bond acceptors (Lipinski definition) is 6. The fourth-order valence-electron chi connectivity index (χ4n) is 2.42. The highest BCUT2D eigenvalue weighted by molar-refractivity contribution is 7.15. The van der Waals surface area contributed by atoms with Crippen molar-refractivity contribution < 1.29 is 22.7 Å². The lowest BCUT2D eigenvalue weighted by molar-refractivity contribution is -0.141. The van der Waals surface area contributed by atoms with Gasteiger partial charge in [0.25, 0.3) is 0 Å². The van der Waals surface area contributed by atoms with Gasteiger partial charge in [0.2, 0.25) is 5.95 Å². The molecule has 0 amide bonds. The van der Waals surface area contributed by atoms with Gasteiger partial charge in [-0.3, -0.25) is 0 Å². The van der Waals surface area contributed by atoms with Crippen molar-refractivity contribution in [3.63, 3.8) is 0 Å². The van der Waals surface area contributed by atoms with Crippen molar-refractivity contribution in [2.45, 2.75) is 25.6 Å². The maximum Gasteiger partial charge on any atom is 0.433 e. The van der Waals surface area contributed by atoms with Gasteiger partial charge in [-0.1, -0.05) is 6.07 Å². The van der Waals surface area contributed by atoms with Crippen molar-refractivity contribution in [3.05, 3.63) is 52.9 Å². The van der Waals surface area contributed by atoms with E-state index in [1.807, 2.05) is 13.0 Å². The number of rotatable bonds is 5. The summed E-state index contributed by atoms with van der Waals surface area (Å²) >= 11 is 1.14. The van der Waals surface area contributed by atoms with Gasteiger partial charge in [0, 0.05) is 18.1 Å². The molecular formula is C18H16F4N4OS. The van der Waals surface area contributed by atoms with Crippen LogP contribution in [0.3, 0.4) is 0 Å². The van der Waals surface area contributed by atoms with Gasteiger partial charge in [-0.05, 0) is 43.2 Å². The second-order valence-corrected chi connectivity index (χ2v) is 7.44. The maximum atomic E-state index is 13.0. The van der Waals surface area contributed by atoms with Gasteiger partial charge in [-0.15, -0.1) is 11.3 Å². The lowest BCUT2D eigenvalue weighted by Gasteiger charge is -2.15. The molecule has 1 atom stereocenters. The summed E-state index contributed by atoms with van der Waals surface area (Å²) in [5.41, 5.74) is -0.674. The second kappa shape index (κ2) is 7.44. The Kier molecular flexibility index (Phi) is 5.35. The number of anilines is 2. The van der Waals surface area contributed by atoms with E-state index in [1.54, 1.807) is 12.1 Å². The first-order valence-corrected chi connectivity index (χ1v) is 8.94. The Morgan fingerprint density at radius 3 is 2.61 bits per heavy atom. The number of nitrogens with one attached hydrogen (secondary N) is 1. The van der Waals surface area contributed by atoms with Crippen LogP contribution in [0.4, 0.5) is 29.2 Å². The molecule has 0 aliphatic rings. The van der Waals surface area contributed by atoms with Crippen molar-refractivity contribution in [1.82, 2.24) is 15.0 Å². The van der Waals surface area contributed by atoms with E-state index < -0.39 is 24.1 Å². The van der Waals surface area contributed by atoms with E-state index in [4.69, 9.17) is 0 Å². The average molecular weight is 412 g/mol. The lowest BCUT2D eigenvalue weighted by atomic mass is 10.1. The van der Waals surface area contributed by atoms with Crippen molar-refractivity contribution in [2.24, 2.45) is 0 Å². The van der Waals surface area contributed by atoms with Gasteiger partial charge in [-0.2, -0.15) is 13.2 Å². The number of aryl methyl sites for hydroxylation is 1. The standard InChI is InChI=1S/C18H16F4N4OS/c1-10-5-11(13-8-24-15(28-13)17(2,27)9-19)7-12(6-10)25-16-23-4-3-14(26-16)18(20,21)22/h3-8,27H,9H2,1-2H3,(H,23,25,26). The number of aliphatic hydroxyl groups is 1. The molecule has 1 unspecified atom stereocenters. The van der Waals surface area contributed by atoms with Crippen LogP contribution in [0, 0.1) is 6.92 Å². The molecule has 3 rings (SSSR count). The molecule has 2 N–H and O–H groups in total. The van der Waals surface area contributed by atoms with Gasteiger partial charge in [-0.25, -0.2) is 19.3 Å². The molecule has 0 saturated heterocycles. The van der Waals surface area contributed by atoms with Crippen LogP contribution in [0.15, 0.2) is 36.7 Å². The molecule has 28 heavy (non-hydrogen) atoms. The van der Waals surface area contributed by atoms with Crippen LogP contribution in [-0.2, 0) is 11.8 Å². The van der Waals surface area contributed by atoms with E-state index in [0.717, 1.165) is 29.2 Å². The lowest BCUT2D eigenvalue weighted by Crippen LogP contribution is -2.23. The summed E-state index contributed by atoms with van der Waals surface area (Å²) in [6, 6.07) is 6.06. The van der Waals surface area contributed by atoms with E-state index in [0.29, 0.717) is 16.1 Å². The summed E-state index contributed by atoms with van der Waals surface area (Å²) in [5.74, 6) is -0.184. The molecule has 0 spiro atoms. The van der Waals surface area contributed by atoms with Crippen molar-refractivity contribution in [2.75, 3.05) is 12.0 Å². The molecule has 2 aromatic heterocycles. The maximum absolute atomic E-state index is 13.0. The predicted molar refractivity (Wildman–Crippen MR) is 98.1 cm³/mol. The third-order valence-corrected chi connectivity index (χ3v) is 5.09. The number of aromatic nitrogens is 3. The number of benzene rings is 1. The van der Waals surface area contributed by atoms with Crippen LogP contribution < -0.4 is 5.32 Å². The Morgan fingerprint density at radius 1 is 1.18 bits per heavy atom. The van der Waals surface area contributed by atoms with Crippen LogP contribution in [0.5, 0.6) is 0 Å². The van der Waals surface area contributed by atoms with Crippen molar-refractivity contribution >= 4 is 23.0 Å². The first kappa shape index (κ1) is 20.2. The summed E-state index contributed by atoms with van der Waals surface area (Å²) in [6.07, 6.45) is -2.02. The van der Waals surface area contributed by atoms with Crippen LogP contribution in [0.2, 0.25) is 0 Å². The second-order valence-electron chi connectivity index (χ2n) is 6.41. The van der Waals surface area contributed by atoms with Gasteiger partial charge in [0.05, 0.1) is 4.88 Å². The van der Waals surface area contributed by atoms with E-state index in [1.165, 1.54) is 13.1 Å². The van der Waals surface area contributed by atoms with Crippen LogP contribution in [0.25, 0.3) is 10.4 Å². The molecule has 1 aromatic carbocycles. The first-order chi connectivity index (χ1) is 13.1. The molecule has 0 aliphatic carbocycles. The molecule has 0 saturated carbocycles. The quantitative estimate of drug-likeness (QED) is 0.587. The Morgan fingerprint density at radius 2 is 1.93 bits per heavy atom.